The van der Waals surface area contributed by atoms with E-state index in [2.05, 4.69) is 0 Å². The Bertz CT molecular complexity index is 207. The van der Waals surface area contributed by atoms with Gasteiger partial charge < -0.3 is 30.6 Å². The van der Waals surface area contributed by atoms with Gasteiger partial charge in [0.2, 0.25) is 0 Å². The number of hydrogen-bond donors (Lipinski definition) is 6. The summed E-state index contributed by atoms with van der Waals surface area (Å²) in [6.45, 7) is 0.177. The van der Waals surface area contributed by atoms with Gasteiger partial charge in [-0.3, -0.25) is 4.79 Å². The quantitative estimate of drug-likeness (QED) is 0.274. The molecule has 0 radical (unpaired) electrons. The fourth-order valence-corrected chi connectivity index (χ4v) is 0.965. The molecule has 0 fully saturated rings. The molecule has 0 aromatic heterocycles. The summed E-state index contributed by atoms with van der Waals surface area (Å²) in [5, 5.41) is 54.0. The highest BCUT2D eigenvalue weighted by Gasteiger charge is 2.35. The number of ketones is 1. The van der Waals surface area contributed by atoms with E-state index in [4.69, 9.17) is 20.4 Å². The van der Waals surface area contributed by atoms with E-state index in [0.29, 0.717) is 0 Å². The molecule has 7 heteroatoms. The van der Waals surface area contributed by atoms with Crippen molar-refractivity contribution < 1.29 is 35.4 Å². The lowest BCUT2D eigenvalue weighted by Gasteiger charge is -2.27. The average molecular weight is 224 g/mol. The molecule has 7 nitrogen and oxygen atoms in total. The molecule has 0 aliphatic heterocycles. The second-order valence-electron chi connectivity index (χ2n) is 3.28. The Hall–Kier alpha value is -0.570. The predicted molar refractivity (Wildman–Crippen MR) is 47.8 cm³/mol. The van der Waals surface area contributed by atoms with E-state index >= 15 is 0 Å². The number of rotatable bonds is 6. The third-order valence-electron chi connectivity index (χ3n) is 2.02. The lowest BCUT2D eigenvalue weighted by molar-refractivity contribution is -0.154. The van der Waals surface area contributed by atoms with E-state index in [1.807, 2.05) is 0 Å². The second kappa shape index (κ2) is 6.11. The van der Waals surface area contributed by atoms with Crippen LogP contribution in [0.25, 0.3) is 0 Å². The van der Waals surface area contributed by atoms with Crippen molar-refractivity contribution in [1.82, 2.24) is 0 Å². The minimum Gasteiger partial charge on any atom is -0.394 e. The maximum atomic E-state index is 10.6. The Kier molecular flexibility index (Phi) is 5.88. The lowest BCUT2D eigenvalue weighted by atomic mass is 9.98. The first kappa shape index (κ1) is 14.4. The van der Waals surface area contributed by atoms with Gasteiger partial charge in [-0.1, -0.05) is 0 Å². The second-order valence-corrected chi connectivity index (χ2v) is 3.28. The molecule has 0 aliphatic carbocycles. The standard InChI is InChI=1S/C8H16O7/c1-3(10)5(12)7(14)8(15)6(13)4(11)2-9/h4-9,11-15H,2H2,1H3. The van der Waals surface area contributed by atoms with Crippen LogP contribution in [-0.4, -0.2) is 73.5 Å². The summed E-state index contributed by atoms with van der Waals surface area (Å²) < 4.78 is 0. The number of aliphatic hydroxyl groups is 6. The van der Waals surface area contributed by atoms with Crippen molar-refractivity contribution in [1.29, 1.82) is 0 Å². The zero-order valence-corrected chi connectivity index (χ0v) is 8.19. The van der Waals surface area contributed by atoms with Gasteiger partial charge in [-0.2, -0.15) is 0 Å². The van der Waals surface area contributed by atoms with Crippen molar-refractivity contribution in [2.75, 3.05) is 6.61 Å². The molecular weight excluding hydrogens is 208 g/mol. The maximum absolute atomic E-state index is 10.6. The first-order chi connectivity index (χ1) is 6.82. The molecule has 0 aromatic carbocycles. The van der Waals surface area contributed by atoms with E-state index in [-0.39, 0.29) is 0 Å². The van der Waals surface area contributed by atoms with Gasteiger partial charge in [0.25, 0.3) is 0 Å². The van der Waals surface area contributed by atoms with Crippen molar-refractivity contribution in [3.8, 4) is 0 Å². The number of hydrogen-bond acceptors (Lipinski definition) is 7. The molecule has 15 heavy (non-hydrogen) atoms. The van der Waals surface area contributed by atoms with E-state index in [0.717, 1.165) is 6.92 Å². The highest BCUT2D eigenvalue weighted by atomic mass is 16.4. The zero-order valence-electron chi connectivity index (χ0n) is 8.19. The van der Waals surface area contributed by atoms with Crippen molar-refractivity contribution in [3.05, 3.63) is 0 Å². The molecule has 90 valence electrons. The summed E-state index contributed by atoms with van der Waals surface area (Å²) in [7, 11) is 0. The van der Waals surface area contributed by atoms with E-state index in [9.17, 15) is 15.0 Å². The Morgan fingerprint density at radius 2 is 1.47 bits per heavy atom. The predicted octanol–water partition coefficient (Wildman–Crippen LogP) is -3.63. The zero-order chi connectivity index (χ0) is 12.2. The topological polar surface area (TPSA) is 138 Å². The number of Topliss-reactive ketones (excluding diaryl/α,β-unsaturated/α-hetero) is 1. The molecule has 0 heterocycles. The van der Waals surface area contributed by atoms with E-state index in [1.54, 1.807) is 0 Å². The Morgan fingerprint density at radius 3 is 1.80 bits per heavy atom. The summed E-state index contributed by atoms with van der Waals surface area (Å²) in [4.78, 5) is 10.6. The van der Waals surface area contributed by atoms with Crippen molar-refractivity contribution in [3.63, 3.8) is 0 Å². The van der Waals surface area contributed by atoms with Gasteiger partial charge in [-0.15, -0.1) is 0 Å². The first-order valence-corrected chi connectivity index (χ1v) is 4.34. The Morgan fingerprint density at radius 1 is 1.00 bits per heavy atom. The van der Waals surface area contributed by atoms with E-state index < -0.39 is 42.9 Å². The van der Waals surface area contributed by atoms with Gasteiger partial charge in [0, 0.05) is 0 Å². The molecule has 0 bridgehead atoms. The molecule has 5 unspecified atom stereocenters. The molecule has 0 aromatic rings. The Balaban J connectivity index is 4.42. The third-order valence-corrected chi connectivity index (χ3v) is 2.02. The largest absolute Gasteiger partial charge is 0.394 e. The SMILES string of the molecule is CC(=O)C(O)C(O)C(O)C(O)C(O)CO. The molecule has 0 amide bonds. The molecule has 0 saturated carbocycles. The van der Waals surface area contributed by atoms with Crippen LogP contribution in [0.3, 0.4) is 0 Å². The van der Waals surface area contributed by atoms with Gasteiger partial charge in [0.1, 0.15) is 30.5 Å². The van der Waals surface area contributed by atoms with Gasteiger partial charge >= 0.3 is 0 Å². The van der Waals surface area contributed by atoms with Gasteiger partial charge in [-0.05, 0) is 6.92 Å². The van der Waals surface area contributed by atoms with Crippen LogP contribution in [0.1, 0.15) is 6.92 Å². The van der Waals surface area contributed by atoms with Crippen LogP contribution in [0.5, 0.6) is 0 Å². The van der Waals surface area contributed by atoms with Crippen LogP contribution >= 0.6 is 0 Å². The molecule has 0 aliphatic rings. The Labute approximate surface area is 86.2 Å². The van der Waals surface area contributed by atoms with Gasteiger partial charge in [0.15, 0.2) is 5.78 Å². The van der Waals surface area contributed by atoms with Crippen LogP contribution in [0, 0.1) is 0 Å². The van der Waals surface area contributed by atoms with Crippen LogP contribution in [0.2, 0.25) is 0 Å². The highest BCUT2D eigenvalue weighted by molar-refractivity contribution is 5.80. The molecule has 6 N–H and O–H groups in total. The summed E-state index contributed by atoms with van der Waals surface area (Å²) >= 11 is 0. The van der Waals surface area contributed by atoms with Crippen LogP contribution < -0.4 is 0 Å². The third kappa shape index (κ3) is 3.82. The maximum Gasteiger partial charge on any atom is 0.160 e. The van der Waals surface area contributed by atoms with Crippen molar-refractivity contribution >= 4 is 5.78 Å². The lowest BCUT2D eigenvalue weighted by Crippen LogP contribution is -2.51. The molecule has 0 spiro atoms. The monoisotopic (exact) mass is 224 g/mol. The highest BCUT2D eigenvalue weighted by Crippen LogP contribution is 2.08. The van der Waals surface area contributed by atoms with Crippen molar-refractivity contribution in [2.24, 2.45) is 0 Å². The van der Waals surface area contributed by atoms with Gasteiger partial charge in [0.05, 0.1) is 6.61 Å². The van der Waals surface area contributed by atoms with Crippen LogP contribution in [-0.2, 0) is 4.79 Å². The minimum atomic E-state index is -1.92. The minimum absolute atomic E-state index is 0.785. The summed E-state index contributed by atoms with van der Waals surface area (Å²) in [5.74, 6) is -0.785. The normalized spacial score (nSPS) is 21.5. The summed E-state index contributed by atoms with van der Waals surface area (Å²) in [6, 6.07) is 0. The van der Waals surface area contributed by atoms with Gasteiger partial charge in [-0.25, -0.2) is 0 Å². The van der Waals surface area contributed by atoms with Crippen molar-refractivity contribution in [2.45, 2.75) is 37.4 Å². The fourth-order valence-electron chi connectivity index (χ4n) is 0.965. The molecule has 0 rings (SSSR count). The smallest absolute Gasteiger partial charge is 0.160 e. The van der Waals surface area contributed by atoms with Crippen LogP contribution in [0.4, 0.5) is 0 Å². The van der Waals surface area contributed by atoms with E-state index in [1.165, 1.54) is 0 Å². The van der Waals surface area contributed by atoms with Crippen LogP contribution in [0.15, 0.2) is 0 Å². The molecule has 0 saturated heterocycles. The number of aliphatic hydroxyl groups excluding tert-OH is 6. The first-order valence-electron chi connectivity index (χ1n) is 4.34. The summed E-state index contributed by atoms with van der Waals surface area (Å²) in [6.07, 6.45) is -9.20. The number of carbonyl (C=O) groups excluding carboxylic acids is 1. The summed E-state index contributed by atoms with van der Waals surface area (Å²) in [5.41, 5.74) is 0. The number of carbonyl (C=O) groups is 1. The fraction of sp³-hybridized carbons (Fsp3) is 0.875. The molecular formula is C8H16O7. The average Bonchev–Trinajstić information content (AvgIpc) is 2.23. The molecule has 5 atom stereocenters.